The summed E-state index contributed by atoms with van der Waals surface area (Å²) in [7, 11) is 0. The number of likely N-dealkylation sites (tertiary alicyclic amines) is 1. The standard InChI is InChI=1S/C17H25NO4/c1-3-5-9-18-11-17-8-7-12(22-17)13(14(17)15(18)19)16(20)21-10-6-4-2/h7-8,12-14H,3-6,9-11H2,1-2H3/t12-,13-,14-,17+/m1/s1. The average molecular weight is 307 g/mol. The molecule has 3 aliphatic rings. The quantitative estimate of drug-likeness (QED) is 0.409. The van der Waals surface area contributed by atoms with Crippen LogP contribution in [0.4, 0.5) is 0 Å². The van der Waals surface area contributed by atoms with Gasteiger partial charge in [-0.25, -0.2) is 0 Å². The number of fused-ring (bicyclic) bond motifs is 1. The van der Waals surface area contributed by atoms with Gasteiger partial charge in [-0.3, -0.25) is 9.59 Å². The highest BCUT2D eigenvalue weighted by Gasteiger charge is 2.67. The van der Waals surface area contributed by atoms with Crippen LogP contribution in [-0.4, -0.2) is 48.2 Å². The van der Waals surface area contributed by atoms with Crippen molar-refractivity contribution in [2.24, 2.45) is 11.8 Å². The van der Waals surface area contributed by atoms with Crippen LogP contribution in [0.1, 0.15) is 39.5 Å². The van der Waals surface area contributed by atoms with Crippen LogP contribution in [0, 0.1) is 11.8 Å². The van der Waals surface area contributed by atoms with Gasteiger partial charge in [-0.2, -0.15) is 0 Å². The lowest BCUT2D eigenvalue weighted by atomic mass is 9.77. The van der Waals surface area contributed by atoms with Crippen LogP contribution in [0.15, 0.2) is 12.2 Å². The molecule has 3 aliphatic heterocycles. The molecule has 22 heavy (non-hydrogen) atoms. The van der Waals surface area contributed by atoms with Crippen LogP contribution in [-0.2, 0) is 19.1 Å². The maximum Gasteiger partial charge on any atom is 0.312 e. The second-order valence-corrected chi connectivity index (χ2v) is 6.53. The molecule has 0 unspecified atom stereocenters. The molecule has 1 spiro atoms. The molecule has 5 nitrogen and oxygen atoms in total. The van der Waals surface area contributed by atoms with Crippen molar-refractivity contribution >= 4 is 11.9 Å². The van der Waals surface area contributed by atoms with Crippen molar-refractivity contribution in [2.75, 3.05) is 19.7 Å². The van der Waals surface area contributed by atoms with Crippen LogP contribution < -0.4 is 0 Å². The molecule has 3 rings (SSSR count). The zero-order valence-corrected chi connectivity index (χ0v) is 13.4. The van der Waals surface area contributed by atoms with Crippen molar-refractivity contribution in [3.8, 4) is 0 Å². The smallest absolute Gasteiger partial charge is 0.312 e. The number of esters is 1. The van der Waals surface area contributed by atoms with Crippen molar-refractivity contribution in [3.05, 3.63) is 12.2 Å². The summed E-state index contributed by atoms with van der Waals surface area (Å²) >= 11 is 0. The number of rotatable bonds is 7. The number of nitrogens with zero attached hydrogens (tertiary/aromatic N) is 1. The Morgan fingerprint density at radius 1 is 1.41 bits per heavy atom. The minimum Gasteiger partial charge on any atom is -0.465 e. The monoisotopic (exact) mass is 307 g/mol. The fourth-order valence-corrected chi connectivity index (χ4v) is 3.80. The first-order valence-electron chi connectivity index (χ1n) is 8.45. The molecule has 5 heteroatoms. The fraction of sp³-hybridized carbons (Fsp3) is 0.765. The lowest BCUT2D eigenvalue weighted by Gasteiger charge is -2.22. The van der Waals surface area contributed by atoms with Gasteiger partial charge in [0.25, 0.3) is 0 Å². The van der Waals surface area contributed by atoms with Crippen molar-refractivity contribution in [3.63, 3.8) is 0 Å². The van der Waals surface area contributed by atoms with Crippen molar-refractivity contribution < 1.29 is 19.1 Å². The number of unbranched alkanes of at least 4 members (excludes halogenated alkanes) is 2. The Labute approximate surface area is 131 Å². The molecule has 0 aromatic carbocycles. The molecule has 0 N–H and O–H groups in total. The van der Waals surface area contributed by atoms with Crippen LogP contribution >= 0.6 is 0 Å². The topological polar surface area (TPSA) is 55.8 Å². The van der Waals surface area contributed by atoms with E-state index in [9.17, 15) is 9.59 Å². The van der Waals surface area contributed by atoms with Gasteiger partial charge in [0.15, 0.2) is 0 Å². The first-order chi connectivity index (χ1) is 10.6. The van der Waals surface area contributed by atoms with Crippen LogP contribution in [0.2, 0.25) is 0 Å². The van der Waals surface area contributed by atoms with E-state index in [1.165, 1.54) is 0 Å². The summed E-state index contributed by atoms with van der Waals surface area (Å²) in [5.41, 5.74) is -0.593. The van der Waals surface area contributed by atoms with Gasteiger partial charge in [0, 0.05) is 6.54 Å². The van der Waals surface area contributed by atoms with E-state index in [1.807, 2.05) is 17.1 Å². The molecule has 0 saturated carbocycles. The van der Waals surface area contributed by atoms with Gasteiger partial charge in [0.05, 0.1) is 25.2 Å². The highest BCUT2D eigenvalue weighted by Crippen LogP contribution is 2.52. The van der Waals surface area contributed by atoms with Gasteiger partial charge in [-0.05, 0) is 12.8 Å². The molecular formula is C17H25NO4. The highest BCUT2D eigenvalue weighted by atomic mass is 16.6. The molecule has 0 aromatic heterocycles. The Hall–Kier alpha value is -1.36. The normalized spacial score (nSPS) is 35.3. The Kier molecular flexibility index (Phi) is 4.26. The first kappa shape index (κ1) is 15.5. The Bertz CT molecular complexity index is 489. The molecule has 2 fully saturated rings. The van der Waals surface area contributed by atoms with E-state index in [0.29, 0.717) is 13.2 Å². The Morgan fingerprint density at radius 2 is 2.18 bits per heavy atom. The predicted octanol–water partition coefficient (Wildman–Crippen LogP) is 1.91. The van der Waals surface area contributed by atoms with Gasteiger partial charge in [0.2, 0.25) is 5.91 Å². The summed E-state index contributed by atoms with van der Waals surface area (Å²) in [4.78, 5) is 27.0. The highest BCUT2D eigenvalue weighted by molar-refractivity contribution is 5.91. The summed E-state index contributed by atoms with van der Waals surface area (Å²) in [6.07, 6.45) is 7.48. The van der Waals surface area contributed by atoms with Crippen LogP contribution in [0.25, 0.3) is 0 Å². The summed E-state index contributed by atoms with van der Waals surface area (Å²) < 4.78 is 11.4. The number of ether oxygens (including phenoxy) is 2. The zero-order chi connectivity index (χ0) is 15.7. The van der Waals surface area contributed by atoms with Crippen molar-refractivity contribution in [2.45, 2.75) is 51.2 Å². The number of hydrogen-bond donors (Lipinski definition) is 0. The molecule has 122 valence electrons. The molecular weight excluding hydrogens is 282 g/mol. The van der Waals surface area contributed by atoms with Gasteiger partial charge in [0.1, 0.15) is 11.5 Å². The molecule has 0 aliphatic carbocycles. The van der Waals surface area contributed by atoms with E-state index < -0.39 is 17.4 Å². The summed E-state index contributed by atoms with van der Waals surface area (Å²) in [6, 6.07) is 0. The van der Waals surface area contributed by atoms with Gasteiger partial charge < -0.3 is 14.4 Å². The number of carbonyl (C=O) groups excluding carboxylic acids is 2. The number of hydrogen-bond acceptors (Lipinski definition) is 4. The van der Waals surface area contributed by atoms with Gasteiger partial charge in [-0.15, -0.1) is 0 Å². The molecule has 3 heterocycles. The SMILES string of the molecule is CCCCOC(=O)[C@@H]1[C@H]2C=C[C@@]3(CN(CCCC)C(=O)[C@@H]13)O2. The average Bonchev–Trinajstić information content (AvgIpc) is 3.14. The first-order valence-corrected chi connectivity index (χ1v) is 8.45. The van der Waals surface area contributed by atoms with Gasteiger partial charge in [-0.1, -0.05) is 38.8 Å². The lowest BCUT2D eigenvalue weighted by molar-refractivity contribution is -0.153. The van der Waals surface area contributed by atoms with Gasteiger partial charge >= 0.3 is 5.97 Å². The molecule has 0 radical (unpaired) electrons. The predicted molar refractivity (Wildman–Crippen MR) is 81.1 cm³/mol. The third-order valence-electron chi connectivity index (χ3n) is 4.97. The lowest BCUT2D eigenvalue weighted by Crippen LogP contribution is -2.40. The summed E-state index contributed by atoms with van der Waals surface area (Å²) in [5, 5.41) is 0. The molecule has 4 atom stereocenters. The zero-order valence-electron chi connectivity index (χ0n) is 13.4. The minimum absolute atomic E-state index is 0.0535. The largest absolute Gasteiger partial charge is 0.465 e. The summed E-state index contributed by atoms with van der Waals surface area (Å²) in [5.74, 6) is -1.09. The second kappa shape index (κ2) is 6.03. The summed E-state index contributed by atoms with van der Waals surface area (Å²) in [6.45, 7) is 5.90. The minimum atomic E-state index is -0.593. The van der Waals surface area contributed by atoms with Crippen LogP contribution in [0.5, 0.6) is 0 Å². The molecule has 2 saturated heterocycles. The van der Waals surface area contributed by atoms with Crippen molar-refractivity contribution in [1.29, 1.82) is 0 Å². The van der Waals surface area contributed by atoms with E-state index in [4.69, 9.17) is 9.47 Å². The molecule has 0 aromatic rings. The van der Waals surface area contributed by atoms with Crippen LogP contribution in [0.3, 0.4) is 0 Å². The van der Waals surface area contributed by atoms with E-state index in [0.717, 1.165) is 32.2 Å². The third kappa shape index (κ3) is 2.35. The third-order valence-corrected chi connectivity index (χ3v) is 4.97. The Morgan fingerprint density at radius 3 is 2.91 bits per heavy atom. The Balaban J connectivity index is 1.73. The fourth-order valence-electron chi connectivity index (χ4n) is 3.80. The van der Waals surface area contributed by atoms with E-state index >= 15 is 0 Å². The second-order valence-electron chi connectivity index (χ2n) is 6.53. The van der Waals surface area contributed by atoms with E-state index in [-0.39, 0.29) is 18.0 Å². The maximum absolute atomic E-state index is 12.7. The van der Waals surface area contributed by atoms with E-state index in [2.05, 4.69) is 13.8 Å². The molecule has 2 bridgehead atoms. The maximum atomic E-state index is 12.7. The van der Waals surface area contributed by atoms with Crippen molar-refractivity contribution in [1.82, 2.24) is 4.90 Å². The number of amides is 1. The molecule has 1 amide bonds. The number of carbonyl (C=O) groups is 2. The van der Waals surface area contributed by atoms with E-state index in [1.54, 1.807) is 0 Å².